The van der Waals surface area contributed by atoms with Crippen molar-refractivity contribution in [2.45, 2.75) is 48.8 Å². The number of rotatable bonds is 5. The minimum Gasteiger partial charge on any atom is -0.350 e. The molecule has 0 radical (unpaired) electrons. The largest absolute Gasteiger partial charge is 0.350 e. The normalized spacial score (nSPS) is 23.2. The molecular formula is C23H27ClFN5O4S. The Labute approximate surface area is 208 Å². The molecule has 2 aromatic carbocycles. The van der Waals surface area contributed by atoms with E-state index >= 15 is 0 Å². The lowest BCUT2D eigenvalue weighted by Gasteiger charge is -2.32. The first kappa shape index (κ1) is 25.4. The quantitative estimate of drug-likeness (QED) is 0.555. The number of nitrogens with one attached hydrogen (secondary N) is 2. The molecule has 0 spiro atoms. The van der Waals surface area contributed by atoms with Crippen LogP contribution in [-0.2, 0) is 14.8 Å². The van der Waals surface area contributed by atoms with Crippen LogP contribution >= 0.6 is 11.6 Å². The third kappa shape index (κ3) is 5.75. The van der Waals surface area contributed by atoms with Crippen LogP contribution in [0, 0.1) is 5.82 Å². The number of sulfonamides is 1. The van der Waals surface area contributed by atoms with Crippen molar-refractivity contribution in [2.24, 2.45) is 5.73 Å². The molecule has 3 amide bonds. The lowest BCUT2D eigenvalue weighted by atomic mass is 9.92. The van der Waals surface area contributed by atoms with Gasteiger partial charge in [0.05, 0.1) is 4.90 Å². The number of hydrogen-bond acceptors (Lipinski definition) is 5. The van der Waals surface area contributed by atoms with Gasteiger partial charge in [-0.25, -0.2) is 17.6 Å². The third-order valence-corrected chi connectivity index (χ3v) is 8.34. The van der Waals surface area contributed by atoms with E-state index in [1.807, 2.05) is 0 Å². The van der Waals surface area contributed by atoms with Crippen LogP contribution in [0.3, 0.4) is 0 Å². The van der Waals surface area contributed by atoms with E-state index in [0.717, 1.165) is 41.4 Å². The number of urea groups is 1. The van der Waals surface area contributed by atoms with E-state index in [4.69, 9.17) is 17.3 Å². The van der Waals surface area contributed by atoms with Gasteiger partial charge in [-0.3, -0.25) is 9.69 Å². The summed E-state index contributed by atoms with van der Waals surface area (Å²) in [4.78, 5) is 27.5. The molecule has 1 heterocycles. The van der Waals surface area contributed by atoms with Gasteiger partial charge >= 0.3 is 6.03 Å². The number of carbonyl (C=O) groups is 2. The monoisotopic (exact) mass is 523 g/mol. The number of amides is 3. The van der Waals surface area contributed by atoms with Crippen molar-refractivity contribution in [1.82, 2.24) is 14.5 Å². The Morgan fingerprint density at radius 1 is 1.03 bits per heavy atom. The van der Waals surface area contributed by atoms with Gasteiger partial charge in [-0.15, -0.1) is 0 Å². The SMILES string of the molecule is NC1CCC(NC(=O)C2N(C(=O)Nc3cccc(Cl)c3)CCN2S(=O)(=O)c2ccc(F)cc2)CC1. The number of carbonyl (C=O) groups excluding carboxylic acids is 2. The molecule has 1 saturated heterocycles. The third-order valence-electron chi connectivity index (χ3n) is 6.24. The molecule has 1 unspecified atom stereocenters. The van der Waals surface area contributed by atoms with E-state index < -0.39 is 33.9 Å². The first-order valence-electron chi connectivity index (χ1n) is 11.3. The zero-order valence-electron chi connectivity index (χ0n) is 18.9. The second-order valence-electron chi connectivity index (χ2n) is 8.70. The Bertz CT molecular complexity index is 1190. The van der Waals surface area contributed by atoms with Gasteiger partial charge in [0.15, 0.2) is 6.17 Å². The number of hydrogen-bond donors (Lipinski definition) is 3. The van der Waals surface area contributed by atoms with Crippen molar-refractivity contribution in [2.75, 3.05) is 18.4 Å². The van der Waals surface area contributed by atoms with Gasteiger partial charge in [0.2, 0.25) is 10.0 Å². The highest BCUT2D eigenvalue weighted by molar-refractivity contribution is 7.89. The van der Waals surface area contributed by atoms with Crippen LogP contribution in [-0.4, -0.2) is 60.9 Å². The molecule has 9 nitrogen and oxygen atoms in total. The fraction of sp³-hybridized carbons (Fsp3) is 0.391. The topological polar surface area (TPSA) is 125 Å². The molecule has 35 heavy (non-hydrogen) atoms. The highest BCUT2D eigenvalue weighted by Crippen LogP contribution is 2.27. The predicted molar refractivity (Wildman–Crippen MR) is 130 cm³/mol. The van der Waals surface area contributed by atoms with Crippen LogP contribution in [0.1, 0.15) is 25.7 Å². The Hall–Kier alpha value is -2.73. The zero-order chi connectivity index (χ0) is 25.2. The number of anilines is 1. The summed E-state index contributed by atoms with van der Waals surface area (Å²) in [6.45, 7) is -0.114. The Morgan fingerprint density at radius 3 is 2.37 bits per heavy atom. The summed E-state index contributed by atoms with van der Waals surface area (Å²) < 4.78 is 41.2. The van der Waals surface area contributed by atoms with Crippen molar-refractivity contribution in [1.29, 1.82) is 0 Å². The maximum absolute atomic E-state index is 13.4. The van der Waals surface area contributed by atoms with Crippen molar-refractivity contribution in [3.8, 4) is 0 Å². The van der Waals surface area contributed by atoms with Gasteiger partial charge in [-0.05, 0) is 68.1 Å². The van der Waals surface area contributed by atoms with Crippen molar-refractivity contribution in [3.63, 3.8) is 0 Å². The van der Waals surface area contributed by atoms with Gasteiger partial charge in [0.25, 0.3) is 5.91 Å². The number of nitrogens with zero attached hydrogens (tertiary/aromatic N) is 2. The lowest BCUT2D eigenvalue weighted by Crippen LogP contribution is -2.56. The molecule has 188 valence electrons. The first-order valence-corrected chi connectivity index (χ1v) is 13.1. The molecule has 4 rings (SSSR count). The smallest absolute Gasteiger partial charge is 0.323 e. The second-order valence-corrected chi connectivity index (χ2v) is 11.0. The Morgan fingerprint density at radius 2 is 1.71 bits per heavy atom. The maximum atomic E-state index is 13.4. The maximum Gasteiger partial charge on any atom is 0.323 e. The van der Waals surface area contributed by atoms with Crippen LogP contribution < -0.4 is 16.4 Å². The molecule has 12 heteroatoms. The molecule has 2 aromatic rings. The summed E-state index contributed by atoms with van der Waals surface area (Å²) in [5.41, 5.74) is 6.36. The summed E-state index contributed by atoms with van der Waals surface area (Å²) in [5, 5.41) is 5.98. The molecule has 1 aliphatic carbocycles. The van der Waals surface area contributed by atoms with Crippen LogP contribution in [0.2, 0.25) is 5.02 Å². The molecule has 1 aliphatic heterocycles. The van der Waals surface area contributed by atoms with Gasteiger partial charge in [-0.1, -0.05) is 17.7 Å². The summed E-state index contributed by atoms with van der Waals surface area (Å²) in [6, 6.07) is 10.1. The van der Waals surface area contributed by atoms with Crippen molar-refractivity contribution < 1.29 is 22.4 Å². The standard InChI is InChI=1S/C23H27ClFN5O4S/c24-15-2-1-3-19(14-15)28-23(32)29-12-13-30(35(33,34)20-10-4-16(25)5-11-20)22(29)21(31)27-18-8-6-17(26)7-9-18/h1-5,10-11,14,17-18,22H,6-9,12-13,26H2,(H,27,31)(H,28,32). The summed E-state index contributed by atoms with van der Waals surface area (Å²) >= 11 is 6.00. The molecule has 1 saturated carbocycles. The van der Waals surface area contributed by atoms with E-state index in [-0.39, 0.29) is 30.1 Å². The minimum absolute atomic E-state index is 0.0134. The summed E-state index contributed by atoms with van der Waals surface area (Å²) in [6.07, 6.45) is 1.40. The van der Waals surface area contributed by atoms with E-state index in [9.17, 15) is 22.4 Å². The minimum atomic E-state index is -4.20. The average Bonchev–Trinajstić information content (AvgIpc) is 3.27. The van der Waals surface area contributed by atoms with Crippen LogP contribution in [0.25, 0.3) is 0 Å². The average molecular weight is 524 g/mol. The highest BCUT2D eigenvalue weighted by atomic mass is 35.5. The molecule has 2 fully saturated rings. The number of nitrogens with two attached hydrogens (primary N) is 1. The van der Waals surface area contributed by atoms with E-state index in [0.29, 0.717) is 23.6 Å². The van der Waals surface area contributed by atoms with E-state index in [2.05, 4.69) is 10.6 Å². The molecule has 4 N–H and O–H groups in total. The molecular weight excluding hydrogens is 497 g/mol. The summed E-state index contributed by atoms with van der Waals surface area (Å²) in [5.74, 6) is -1.19. The Kier molecular flexibility index (Phi) is 7.60. The highest BCUT2D eigenvalue weighted by Gasteiger charge is 2.47. The van der Waals surface area contributed by atoms with Gasteiger partial charge < -0.3 is 16.4 Å². The second kappa shape index (κ2) is 10.5. The molecule has 0 aromatic heterocycles. The van der Waals surface area contributed by atoms with Gasteiger partial charge in [0.1, 0.15) is 5.82 Å². The molecule has 2 aliphatic rings. The van der Waals surface area contributed by atoms with E-state index in [1.165, 1.54) is 4.90 Å². The fourth-order valence-electron chi connectivity index (χ4n) is 4.39. The van der Waals surface area contributed by atoms with E-state index in [1.54, 1.807) is 24.3 Å². The first-order chi connectivity index (χ1) is 16.6. The summed E-state index contributed by atoms with van der Waals surface area (Å²) in [7, 11) is -4.20. The number of halogens is 2. The predicted octanol–water partition coefficient (Wildman–Crippen LogP) is 2.73. The lowest BCUT2D eigenvalue weighted by molar-refractivity contribution is -0.128. The van der Waals surface area contributed by atoms with Crippen LogP contribution in [0.4, 0.5) is 14.9 Å². The Balaban J connectivity index is 1.60. The van der Waals surface area contributed by atoms with Crippen molar-refractivity contribution in [3.05, 3.63) is 59.4 Å². The van der Waals surface area contributed by atoms with Crippen LogP contribution in [0.5, 0.6) is 0 Å². The van der Waals surface area contributed by atoms with Gasteiger partial charge in [-0.2, -0.15) is 4.31 Å². The zero-order valence-corrected chi connectivity index (χ0v) is 20.4. The van der Waals surface area contributed by atoms with Gasteiger partial charge in [0, 0.05) is 35.9 Å². The van der Waals surface area contributed by atoms with Crippen molar-refractivity contribution >= 4 is 39.2 Å². The number of benzene rings is 2. The molecule has 1 atom stereocenters. The fourth-order valence-corrected chi connectivity index (χ4v) is 6.12. The van der Waals surface area contributed by atoms with Crippen LogP contribution in [0.15, 0.2) is 53.4 Å². The molecule has 0 bridgehead atoms.